The van der Waals surface area contributed by atoms with Crippen molar-refractivity contribution in [2.24, 2.45) is 16.1 Å². The van der Waals surface area contributed by atoms with Crippen LogP contribution in [0.15, 0.2) is 83.6 Å². The summed E-state index contributed by atoms with van der Waals surface area (Å²) in [5.74, 6) is 2.41. The number of nitrogens with zero attached hydrogens (tertiary/aromatic N) is 3. The van der Waals surface area contributed by atoms with Crippen LogP contribution >= 0.6 is 11.8 Å². The van der Waals surface area contributed by atoms with Crippen molar-refractivity contribution in [1.29, 1.82) is 0 Å². The second-order valence-corrected chi connectivity index (χ2v) is 17.6. The number of hydrogen-bond acceptors (Lipinski definition) is 10. The number of amidine groups is 1. The number of hydrazine groups is 1. The number of carbonyl (C=O) groups excluding carboxylic acids is 1. The minimum Gasteiger partial charge on any atom is -0.484 e. The van der Waals surface area contributed by atoms with Gasteiger partial charge in [-0.05, 0) is 97.9 Å². The minimum atomic E-state index is -0.168. The minimum absolute atomic E-state index is 0. The molecule has 1 saturated heterocycles. The normalized spacial score (nSPS) is 18.2. The molecule has 1 aliphatic carbocycles. The number of aromatic nitrogens is 1. The number of thioether (sulfide) groups is 1. The summed E-state index contributed by atoms with van der Waals surface area (Å²) in [6.07, 6.45) is 9.47. The van der Waals surface area contributed by atoms with Crippen LogP contribution in [-0.4, -0.2) is 64.1 Å². The van der Waals surface area contributed by atoms with Crippen molar-refractivity contribution in [1.82, 2.24) is 20.7 Å². The van der Waals surface area contributed by atoms with Crippen LogP contribution in [-0.2, 0) is 4.79 Å². The number of benzene rings is 2. The van der Waals surface area contributed by atoms with E-state index < -0.39 is 0 Å². The summed E-state index contributed by atoms with van der Waals surface area (Å²) in [5, 5.41) is 15.3. The van der Waals surface area contributed by atoms with E-state index in [2.05, 4.69) is 79.6 Å². The number of piperidine rings is 1. The van der Waals surface area contributed by atoms with Crippen LogP contribution < -0.4 is 26.9 Å². The number of allylic oxidation sites excluding steroid dienone is 1. The van der Waals surface area contributed by atoms with Crippen LogP contribution in [0, 0.1) is 12.3 Å². The number of aryl methyl sites for hydroxylation is 1. The van der Waals surface area contributed by atoms with Crippen LogP contribution in [0.3, 0.4) is 0 Å². The van der Waals surface area contributed by atoms with Gasteiger partial charge in [0.1, 0.15) is 23.5 Å². The molecule has 10 nitrogen and oxygen atoms in total. The summed E-state index contributed by atoms with van der Waals surface area (Å²) in [6, 6.07) is 20.0. The first kappa shape index (κ1) is 51.1. The average Bonchev–Trinajstić information content (AvgIpc) is 3.17. The SMILES string of the molecule is CC.CC(C)SC(C)C.CC[C@H]1CC[C@@H](Oc2ccc(N)nc2)c2ccccc21.CNN1CCC[C@H](O)C1.Cc1ccc(N=C(/C=C(\N)C(C)(C)C)NC=O)cc1.[HH]. The van der Waals surface area contributed by atoms with Crippen molar-refractivity contribution < 1.29 is 16.1 Å². The number of nitrogen functional groups attached to an aromatic ring is 1. The lowest BCUT2D eigenvalue weighted by Gasteiger charge is -2.31. The van der Waals surface area contributed by atoms with Gasteiger partial charge in [0.25, 0.3) is 0 Å². The zero-order chi connectivity index (χ0) is 43.0. The summed E-state index contributed by atoms with van der Waals surface area (Å²) in [4.78, 5) is 19.1. The third kappa shape index (κ3) is 20.9. The number of aliphatic hydroxyl groups excluding tert-OH is 1. The number of aliphatic imine (C=N–C) groups is 1. The third-order valence-electron chi connectivity index (χ3n) is 9.00. The molecule has 57 heavy (non-hydrogen) atoms. The van der Waals surface area contributed by atoms with Gasteiger partial charge in [-0.25, -0.2) is 15.0 Å². The highest BCUT2D eigenvalue weighted by Gasteiger charge is 2.27. The van der Waals surface area contributed by atoms with E-state index in [9.17, 15) is 4.79 Å². The highest BCUT2D eigenvalue weighted by molar-refractivity contribution is 8.00. The third-order valence-corrected chi connectivity index (χ3v) is 10.1. The summed E-state index contributed by atoms with van der Waals surface area (Å²) in [6.45, 7) is 25.0. The maximum atomic E-state index is 10.6. The average molecular weight is 808 g/mol. The second-order valence-electron chi connectivity index (χ2n) is 15.5. The van der Waals surface area contributed by atoms with Crippen molar-refractivity contribution >= 4 is 35.5 Å². The summed E-state index contributed by atoms with van der Waals surface area (Å²) in [7, 11) is 1.89. The first-order chi connectivity index (χ1) is 27.1. The molecule has 1 aromatic heterocycles. The van der Waals surface area contributed by atoms with Crippen molar-refractivity contribution in [2.75, 3.05) is 25.9 Å². The number of anilines is 1. The lowest BCUT2D eigenvalue weighted by molar-refractivity contribution is -0.108. The molecule has 2 aromatic carbocycles. The van der Waals surface area contributed by atoms with E-state index in [4.69, 9.17) is 21.3 Å². The van der Waals surface area contributed by atoms with E-state index in [1.807, 2.05) is 95.7 Å². The van der Waals surface area contributed by atoms with Crippen molar-refractivity contribution in [2.45, 2.75) is 137 Å². The molecule has 0 spiro atoms. The number of aliphatic hydroxyl groups is 1. The molecular weight excluding hydrogens is 731 g/mol. The van der Waals surface area contributed by atoms with Gasteiger partial charge in [0.15, 0.2) is 0 Å². The predicted octanol–water partition coefficient (Wildman–Crippen LogP) is 10.1. The zero-order valence-corrected chi connectivity index (χ0v) is 37.8. The molecule has 1 fully saturated rings. The van der Waals surface area contributed by atoms with Crippen LogP contribution in [0.25, 0.3) is 0 Å². The number of carbonyl (C=O) groups is 1. The molecule has 7 N–H and O–H groups in total. The van der Waals surface area contributed by atoms with E-state index >= 15 is 0 Å². The lowest BCUT2D eigenvalue weighted by Crippen LogP contribution is -2.44. The number of hydrogen-bond donors (Lipinski definition) is 5. The van der Waals surface area contributed by atoms with Gasteiger partial charge in [-0.2, -0.15) is 11.8 Å². The predicted molar refractivity (Wildman–Crippen MR) is 247 cm³/mol. The Morgan fingerprint density at radius 3 is 2.14 bits per heavy atom. The maximum Gasteiger partial charge on any atom is 0.212 e. The van der Waals surface area contributed by atoms with Crippen LogP contribution in [0.1, 0.15) is 131 Å². The van der Waals surface area contributed by atoms with Crippen molar-refractivity contribution in [3.05, 3.63) is 95.3 Å². The molecule has 2 aliphatic rings. The highest BCUT2D eigenvalue weighted by atomic mass is 32.2. The van der Waals surface area contributed by atoms with Gasteiger partial charge < -0.3 is 26.6 Å². The Morgan fingerprint density at radius 1 is 1.04 bits per heavy atom. The van der Waals surface area contributed by atoms with E-state index in [0.717, 1.165) is 59.9 Å². The quantitative estimate of drug-likeness (QED) is 0.0808. The number of rotatable bonds is 9. The first-order valence-corrected chi connectivity index (χ1v) is 21.6. The molecule has 0 saturated carbocycles. The highest BCUT2D eigenvalue weighted by Crippen LogP contribution is 2.41. The molecule has 0 unspecified atom stereocenters. The van der Waals surface area contributed by atoms with Crippen molar-refractivity contribution in [3.63, 3.8) is 0 Å². The van der Waals surface area contributed by atoms with Gasteiger partial charge in [0.2, 0.25) is 6.41 Å². The Balaban J connectivity index is 0.000000790. The Morgan fingerprint density at radius 2 is 1.67 bits per heavy atom. The van der Waals surface area contributed by atoms with Crippen LogP contribution in [0.4, 0.5) is 11.5 Å². The maximum absolute atomic E-state index is 10.6. The first-order valence-electron chi connectivity index (χ1n) is 20.6. The standard InChI is InChI=1S/C17H20N2O.C15H21N3O.C6H14N2O.C6H14S.C2H6.H2/c1-2-12-7-9-16(15-6-4-3-5-14(12)15)20-13-8-10-17(18)19-11-13;1-11-5-7-12(8-6-11)18-14(17-10-19)9-13(16)15(2,3)4;1-7-8-4-2-3-6(9)5-8;1-5(2)7-6(3)4;1-2;/h3-6,8,10-12,16H,2,7,9H2,1H3,(H2,18,19);5-10H,16H2,1-4H3,(H,17,18,19);6-7,9H,2-5H2,1H3;5-6H,1-4H3;1-2H3;1H/b;13-9-;;;;/t12-,16+;;6-;;;/m0.0.../s1. The van der Waals surface area contributed by atoms with Gasteiger partial charge in [-0.3, -0.25) is 10.2 Å². The molecule has 1 amide bonds. The molecule has 0 bridgehead atoms. The number of ether oxygens (including phenoxy) is 1. The van der Waals surface area contributed by atoms with E-state index in [1.54, 1.807) is 18.3 Å². The fourth-order valence-corrected chi connectivity index (χ4v) is 7.09. The Hall–Kier alpha value is -3.90. The Bertz CT molecular complexity index is 1590. The largest absolute Gasteiger partial charge is 0.484 e. The fourth-order valence-electron chi connectivity index (χ4n) is 6.00. The summed E-state index contributed by atoms with van der Waals surface area (Å²) in [5.41, 5.74) is 19.8. The van der Waals surface area contributed by atoms with Gasteiger partial charge in [-0.1, -0.05) is 111 Å². The molecule has 2 heterocycles. The molecule has 3 atom stereocenters. The Labute approximate surface area is 351 Å². The number of β-amino-alcohol motifs (C(OH)–C–C–N with tert-alkyl or cyclic N) is 1. The summed E-state index contributed by atoms with van der Waals surface area (Å²) >= 11 is 2.01. The van der Waals surface area contributed by atoms with E-state index in [1.165, 1.54) is 24.0 Å². The number of fused-ring (bicyclic) bond motifs is 1. The molecule has 11 heteroatoms. The zero-order valence-electron chi connectivity index (χ0n) is 37.0. The second kappa shape index (κ2) is 27.7. The number of pyridine rings is 1. The van der Waals surface area contributed by atoms with E-state index in [-0.39, 0.29) is 19.0 Å². The van der Waals surface area contributed by atoms with Crippen LogP contribution in [0.2, 0.25) is 0 Å². The van der Waals surface area contributed by atoms with Crippen LogP contribution in [0.5, 0.6) is 5.75 Å². The molecule has 320 valence electrons. The number of amides is 1. The molecule has 3 aromatic rings. The van der Waals surface area contributed by atoms with E-state index in [0.29, 0.717) is 29.7 Å². The topological polar surface area (TPSA) is 151 Å². The number of nitrogens with one attached hydrogen (secondary N) is 2. The fraction of sp³-hybridized carbons (Fsp3) is 0.543. The van der Waals surface area contributed by atoms with Crippen molar-refractivity contribution in [3.8, 4) is 5.75 Å². The van der Waals surface area contributed by atoms with Gasteiger partial charge in [0, 0.05) is 31.7 Å². The Kier molecular flexibility index (Phi) is 24.8. The molecular formula is C46H77N7O3S. The molecule has 5 rings (SSSR count). The summed E-state index contributed by atoms with van der Waals surface area (Å²) < 4.78 is 6.11. The molecule has 1 aliphatic heterocycles. The number of nitrogens with two attached hydrogens (primary N) is 2. The van der Waals surface area contributed by atoms with Gasteiger partial charge in [-0.15, -0.1) is 0 Å². The molecule has 0 radical (unpaired) electrons. The monoisotopic (exact) mass is 808 g/mol. The van der Waals surface area contributed by atoms with Gasteiger partial charge in [0.05, 0.1) is 18.0 Å². The lowest BCUT2D eigenvalue weighted by atomic mass is 9.80. The smallest absolute Gasteiger partial charge is 0.212 e. The van der Waals surface area contributed by atoms with Gasteiger partial charge >= 0.3 is 0 Å².